The first-order valence-electron chi connectivity index (χ1n) is 8.10. The zero-order chi connectivity index (χ0) is 19.4. The second-order valence-corrected chi connectivity index (χ2v) is 7.44. The quantitative estimate of drug-likeness (QED) is 0.633. The zero-order valence-corrected chi connectivity index (χ0v) is 16.8. The van der Waals surface area contributed by atoms with Crippen LogP contribution in [0.1, 0.15) is 21.5 Å². The third-order valence-electron chi connectivity index (χ3n) is 3.87. The molecule has 1 aromatic heterocycles. The van der Waals surface area contributed by atoms with Crippen LogP contribution < -0.4 is 10.6 Å². The van der Waals surface area contributed by atoms with Crippen molar-refractivity contribution in [3.05, 3.63) is 65.1 Å². The van der Waals surface area contributed by atoms with Gasteiger partial charge in [0.2, 0.25) is 0 Å². The van der Waals surface area contributed by atoms with Crippen LogP contribution in [0.2, 0.25) is 0 Å². The van der Waals surface area contributed by atoms with Crippen LogP contribution in [-0.4, -0.2) is 35.6 Å². The number of aromatic nitrogens is 1. The van der Waals surface area contributed by atoms with Crippen LogP contribution in [0.25, 0.3) is 4.91 Å². The molecule has 3 rings (SSSR count). The van der Waals surface area contributed by atoms with Crippen molar-refractivity contribution in [2.75, 3.05) is 12.9 Å². The van der Waals surface area contributed by atoms with Crippen LogP contribution >= 0.6 is 21.0 Å². The molecular weight excluding hydrogens is 381 g/mol. The van der Waals surface area contributed by atoms with Gasteiger partial charge >= 0.3 is 5.97 Å². The summed E-state index contributed by atoms with van der Waals surface area (Å²) in [7, 11) is 3.94. The molecule has 0 saturated heterocycles. The lowest BCUT2D eigenvalue weighted by atomic mass is 10.1. The fraction of sp³-hybridized carbons (Fsp3) is 0.158. The molecule has 0 radical (unpaired) electrons. The van der Waals surface area contributed by atoms with Crippen LogP contribution in [0.4, 0.5) is 0 Å². The van der Waals surface area contributed by atoms with Gasteiger partial charge in [0.15, 0.2) is 5.70 Å². The number of thioether (sulfide) groups is 1. The van der Waals surface area contributed by atoms with Crippen molar-refractivity contribution in [3.63, 3.8) is 0 Å². The number of aryl methyl sites for hydroxylation is 1. The van der Waals surface area contributed by atoms with Gasteiger partial charge in [0, 0.05) is 22.9 Å². The molecule has 0 fully saturated rings. The van der Waals surface area contributed by atoms with Gasteiger partial charge in [-0.2, -0.15) is 0 Å². The lowest BCUT2D eigenvalue weighted by Gasteiger charge is -2.19. The summed E-state index contributed by atoms with van der Waals surface area (Å²) >= 11 is 1.44. The van der Waals surface area contributed by atoms with E-state index in [1.807, 2.05) is 31.2 Å². The topological polar surface area (TPSA) is 80.6 Å². The number of benzene rings is 1. The molecule has 1 N–H and O–H groups in total. The molecule has 1 aliphatic heterocycles. The Hall–Kier alpha value is -2.50. The van der Waals surface area contributed by atoms with Gasteiger partial charge in [0.1, 0.15) is 5.84 Å². The third-order valence-corrected chi connectivity index (χ3v) is 5.36. The molecule has 2 heterocycles. The Morgan fingerprint density at radius 1 is 1.30 bits per heavy atom. The highest BCUT2D eigenvalue weighted by atomic mass is 32.2. The van der Waals surface area contributed by atoms with Crippen molar-refractivity contribution >= 4 is 48.9 Å². The highest BCUT2D eigenvalue weighted by molar-refractivity contribution is 8.09. The van der Waals surface area contributed by atoms with Crippen molar-refractivity contribution in [1.29, 1.82) is 0 Å². The van der Waals surface area contributed by atoms with Crippen LogP contribution in [0.5, 0.6) is 0 Å². The lowest BCUT2D eigenvalue weighted by molar-refractivity contribution is -0.136. The molecule has 27 heavy (non-hydrogen) atoms. The molecule has 0 spiro atoms. The Balaban J connectivity index is 1.94. The van der Waals surface area contributed by atoms with E-state index in [0.717, 1.165) is 21.3 Å². The number of amides is 1. The Kier molecular flexibility index (Phi) is 6.04. The molecule has 0 bridgehead atoms. The Labute approximate surface area is 163 Å². The third kappa shape index (κ3) is 4.43. The molecule has 1 atom stereocenters. The maximum atomic E-state index is 12.5. The average Bonchev–Trinajstić information content (AvgIpc) is 2.67. The summed E-state index contributed by atoms with van der Waals surface area (Å²) in [5.41, 5.74) is 2.35. The van der Waals surface area contributed by atoms with Crippen molar-refractivity contribution in [2.24, 2.45) is 4.99 Å². The van der Waals surface area contributed by atoms with E-state index in [1.54, 1.807) is 18.5 Å². The Bertz CT molecular complexity index is 972. The minimum Gasteiger partial charge on any atom is -0.464 e. The Morgan fingerprint density at radius 2 is 2.11 bits per heavy atom. The molecule has 1 amide bonds. The van der Waals surface area contributed by atoms with E-state index in [-0.39, 0.29) is 11.6 Å². The van der Waals surface area contributed by atoms with E-state index in [4.69, 9.17) is 4.74 Å². The predicted octanol–water partition coefficient (Wildman–Crippen LogP) is 2.31. The second-order valence-electron chi connectivity index (χ2n) is 5.79. The number of amidine groups is 1. The summed E-state index contributed by atoms with van der Waals surface area (Å²) in [6.45, 7) is 1.81. The number of hydrogen-bond donors (Lipinski definition) is 1. The molecule has 8 heteroatoms. The van der Waals surface area contributed by atoms with E-state index in [0.29, 0.717) is 17.2 Å². The first-order valence-corrected chi connectivity index (χ1v) is 9.66. The van der Waals surface area contributed by atoms with Crippen molar-refractivity contribution in [2.45, 2.75) is 6.92 Å². The minimum atomic E-state index is -0.543. The van der Waals surface area contributed by atoms with Crippen molar-refractivity contribution in [1.82, 2.24) is 10.3 Å². The number of carbonyl (C=O) groups excluding carboxylic acids is 2. The zero-order valence-electron chi connectivity index (χ0n) is 14.9. The molecule has 1 aromatic carbocycles. The largest absolute Gasteiger partial charge is 0.464 e. The molecule has 1 aliphatic rings. The van der Waals surface area contributed by atoms with Crippen molar-refractivity contribution < 1.29 is 14.3 Å². The molecule has 0 saturated carbocycles. The number of nitrogens with one attached hydrogen (secondary N) is 1. The number of esters is 1. The number of pyridine rings is 1. The highest BCUT2D eigenvalue weighted by Gasteiger charge is 2.24. The summed E-state index contributed by atoms with van der Waals surface area (Å²) in [6.07, 6.45) is 3.19. The molecule has 1 unspecified atom stereocenters. The van der Waals surface area contributed by atoms with Crippen LogP contribution in [0, 0.1) is 6.92 Å². The number of carbonyl (C=O) groups is 2. The van der Waals surface area contributed by atoms with E-state index in [9.17, 15) is 9.59 Å². The summed E-state index contributed by atoms with van der Waals surface area (Å²) in [5.74, 6) is 0.0201. The molecule has 0 aliphatic carbocycles. The monoisotopic (exact) mass is 399 g/mol. The normalized spacial score (nSPS) is 13.8. The number of hydrogen-bond acceptors (Lipinski definition) is 6. The van der Waals surface area contributed by atoms with Gasteiger partial charge < -0.3 is 10.1 Å². The van der Waals surface area contributed by atoms with Crippen LogP contribution in [-0.2, 0) is 9.53 Å². The summed E-state index contributed by atoms with van der Waals surface area (Å²) in [4.78, 5) is 33.9. The van der Waals surface area contributed by atoms with Gasteiger partial charge in [0.05, 0.1) is 12.9 Å². The fourth-order valence-corrected chi connectivity index (χ4v) is 3.82. The first-order chi connectivity index (χ1) is 13.0. The maximum absolute atomic E-state index is 12.5. The van der Waals surface area contributed by atoms with E-state index in [2.05, 4.69) is 24.5 Å². The molecular formula is C19H18N3O3PS. The van der Waals surface area contributed by atoms with Gasteiger partial charge in [-0.15, -0.1) is 21.0 Å². The summed E-state index contributed by atoms with van der Waals surface area (Å²) < 4.78 is 4.89. The highest BCUT2D eigenvalue weighted by Crippen LogP contribution is 2.34. The lowest BCUT2D eigenvalue weighted by Crippen LogP contribution is -2.34. The molecule has 138 valence electrons. The predicted molar refractivity (Wildman–Crippen MR) is 111 cm³/mol. The standard InChI is InChI=1S/C19H18N3O3PS/c1-11-9-20-7-6-14(11)18(23)22-15-10-27-17(16(21-15)19(24)25-2)12-4-3-5-13(26)8-12/h3-9H,10,26H2,1-2H3,(H,21,22,23). The minimum absolute atomic E-state index is 0.186. The van der Waals surface area contributed by atoms with Gasteiger partial charge in [-0.3, -0.25) is 9.78 Å². The Morgan fingerprint density at radius 3 is 2.81 bits per heavy atom. The van der Waals surface area contributed by atoms with Crippen molar-refractivity contribution in [3.8, 4) is 0 Å². The number of methoxy groups -OCH3 is 1. The van der Waals surface area contributed by atoms with E-state index < -0.39 is 5.97 Å². The molecule has 2 aromatic rings. The number of nitrogens with zero attached hydrogens (tertiary/aromatic N) is 2. The molecule has 6 nitrogen and oxygen atoms in total. The smallest absolute Gasteiger partial charge is 0.357 e. The fourth-order valence-electron chi connectivity index (χ4n) is 2.55. The number of aliphatic imine (C=N–C) groups is 1. The van der Waals surface area contributed by atoms with Gasteiger partial charge in [0.25, 0.3) is 5.91 Å². The van der Waals surface area contributed by atoms with Gasteiger partial charge in [-0.1, -0.05) is 18.2 Å². The first kappa shape index (κ1) is 19.3. The summed E-state index contributed by atoms with van der Waals surface area (Å²) in [5, 5.41) is 3.79. The average molecular weight is 399 g/mol. The number of ether oxygens (including phenoxy) is 1. The second kappa shape index (κ2) is 8.46. The van der Waals surface area contributed by atoms with Crippen LogP contribution in [0.3, 0.4) is 0 Å². The number of rotatable bonds is 3. The van der Waals surface area contributed by atoms with E-state index >= 15 is 0 Å². The van der Waals surface area contributed by atoms with Crippen LogP contribution in [0.15, 0.2) is 53.4 Å². The SMILES string of the molecule is COC(=O)C1=C(c2cccc(P)c2)SCC(NC(=O)c2ccncc2C)=N1. The maximum Gasteiger partial charge on any atom is 0.357 e. The van der Waals surface area contributed by atoms with Gasteiger partial charge in [-0.05, 0) is 35.5 Å². The summed E-state index contributed by atoms with van der Waals surface area (Å²) in [6, 6.07) is 9.38. The van der Waals surface area contributed by atoms with Gasteiger partial charge in [-0.25, -0.2) is 9.79 Å². The van der Waals surface area contributed by atoms with E-state index in [1.165, 1.54) is 18.9 Å².